The fourth-order valence-electron chi connectivity index (χ4n) is 4.39. The second-order valence-electron chi connectivity index (χ2n) is 6.68. The molecule has 3 aliphatic carbocycles. The summed E-state index contributed by atoms with van der Waals surface area (Å²) in [6.45, 7) is 0. The molecule has 0 spiro atoms. The van der Waals surface area contributed by atoms with E-state index in [1.165, 1.54) is 6.07 Å². The SMILES string of the molecule is O=C(O)C1C2CCC(CC2)C1Nc1nc(Cl)nc2cccc(F)c12. The predicted molar refractivity (Wildman–Crippen MR) is 88.5 cm³/mol. The lowest BCUT2D eigenvalue weighted by molar-refractivity contribution is -0.148. The van der Waals surface area contributed by atoms with Crippen molar-refractivity contribution < 1.29 is 14.3 Å². The number of rotatable bonds is 3. The van der Waals surface area contributed by atoms with Crippen LogP contribution < -0.4 is 5.32 Å². The summed E-state index contributed by atoms with van der Waals surface area (Å²) in [4.78, 5) is 20.0. The van der Waals surface area contributed by atoms with E-state index in [0.717, 1.165) is 25.7 Å². The number of hydrogen-bond donors (Lipinski definition) is 2. The molecular weight excluding hydrogens is 333 g/mol. The van der Waals surface area contributed by atoms with Crippen molar-refractivity contribution in [3.63, 3.8) is 0 Å². The van der Waals surface area contributed by atoms with Gasteiger partial charge in [0.1, 0.15) is 11.6 Å². The Bertz CT molecular complexity index is 808. The Hall–Kier alpha value is -1.95. The van der Waals surface area contributed by atoms with Gasteiger partial charge in [-0.25, -0.2) is 14.4 Å². The maximum absolute atomic E-state index is 14.3. The first-order chi connectivity index (χ1) is 11.5. The summed E-state index contributed by atoms with van der Waals surface area (Å²) >= 11 is 5.97. The zero-order valence-corrected chi connectivity index (χ0v) is 13.6. The van der Waals surface area contributed by atoms with Crippen LogP contribution in [0.2, 0.25) is 5.28 Å². The number of aromatic nitrogens is 2. The second-order valence-corrected chi connectivity index (χ2v) is 7.02. The molecule has 1 aromatic heterocycles. The third-order valence-corrected chi connectivity index (χ3v) is 5.62. The van der Waals surface area contributed by atoms with Crippen LogP contribution in [0.5, 0.6) is 0 Å². The normalized spacial score (nSPS) is 28.9. The van der Waals surface area contributed by atoms with Crippen LogP contribution in [-0.4, -0.2) is 27.1 Å². The van der Waals surface area contributed by atoms with Crippen molar-refractivity contribution in [3.05, 3.63) is 29.3 Å². The van der Waals surface area contributed by atoms with Gasteiger partial charge in [-0.1, -0.05) is 6.07 Å². The summed E-state index contributed by atoms with van der Waals surface area (Å²) in [7, 11) is 0. The van der Waals surface area contributed by atoms with Crippen molar-refractivity contribution in [1.29, 1.82) is 0 Å². The van der Waals surface area contributed by atoms with Gasteiger partial charge in [-0.15, -0.1) is 0 Å². The fraction of sp³-hybridized carbons (Fsp3) is 0.471. The van der Waals surface area contributed by atoms with E-state index in [9.17, 15) is 14.3 Å². The molecule has 24 heavy (non-hydrogen) atoms. The Morgan fingerprint density at radius 1 is 1.21 bits per heavy atom. The van der Waals surface area contributed by atoms with Gasteiger partial charge in [0, 0.05) is 6.04 Å². The number of hydrogen-bond acceptors (Lipinski definition) is 4. The van der Waals surface area contributed by atoms with Gasteiger partial charge >= 0.3 is 5.97 Å². The van der Waals surface area contributed by atoms with Crippen LogP contribution in [0.1, 0.15) is 25.7 Å². The lowest BCUT2D eigenvalue weighted by Crippen LogP contribution is -2.51. The number of carbonyl (C=O) groups is 1. The minimum Gasteiger partial charge on any atom is -0.481 e. The molecule has 2 atom stereocenters. The van der Waals surface area contributed by atoms with E-state index < -0.39 is 17.7 Å². The minimum absolute atomic E-state index is 0.0171. The van der Waals surface area contributed by atoms with Crippen LogP contribution in [0.3, 0.4) is 0 Å². The first kappa shape index (κ1) is 15.6. The summed E-state index contributed by atoms with van der Waals surface area (Å²) in [5.41, 5.74) is 0.408. The Morgan fingerprint density at radius 3 is 2.62 bits per heavy atom. The number of anilines is 1. The first-order valence-corrected chi connectivity index (χ1v) is 8.53. The lowest BCUT2D eigenvalue weighted by Gasteiger charge is -2.47. The van der Waals surface area contributed by atoms with Crippen LogP contribution >= 0.6 is 11.6 Å². The number of nitrogens with zero attached hydrogens (tertiary/aromatic N) is 2. The zero-order valence-electron chi connectivity index (χ0n) is 12.9. The first-order valence-electron chi connectivity index (χ1n) is 8.15. The molecule has 126 valence electrons. The molecule has 2 unspecified atom stereocenters. The predicted octanol–water partition coefficient (Wildman–Crippen LogP) is 3.72. The quantitative estimate of drug-likeness (QED) is 0.826. The molecule has 2 N–H and O–H groups in total. The highest BCUT2D eigenvalue weighted by molar-refractivity contribution is 6.28. The Balaban J connectivity index is 1.77. The highest BCUT2D eigenvalue weighted by atomic mass is 35.5. The molecule has 7 heteroatoms. The van der Waals surface area contributed by atoms with Crippen LogP contribution in [-0.2, 0) is 4.79 Å². The largest absolute Gasteiger partial charge is 0.481 e. The maximum Gasteiger partial charge on any atom is 0.308 e. The molecule has 0 radical (unpaired) electrons. The number of nitrogens with one attached hydrogen (secondary N) is 1. The van der Waals surface area contributed by atoms with E-state index in [4.69, 9.17) is 11.6 Å². The summed E-state index contributed by atoms with van der Waals surface area (Å²) in [6.07, 6.45) is 3.87. The molecule has 1 heterocycles. The third kappa shape index (κ3) is 2.49. The minimum atomic E-state index is -0.799. The smallest absolute Gasteiger partial charge is 0.308 e. The molecule has 3 aliphatic rings. The van der Waals surface area contributed by atoms with Crippen LogP contribution in [0, 0.1) is 23.6 Å². The van der Waals surface area contributed by atoms with Gasteiger partial charge in [-0.3, -0.25) is 4.79 Å². The monoisotopic (exact) mass is 349 g/mol. The van der Waals surface area contributed by atoms with E-state index in [1.807, 2.05) is 0 Å². The fourth-order valence-corrected chi connectivity index (χ4v) is 4.56. The van der Waals surface area contributed by atoms with Gasteiger partial charge < -0.3 is 10.4 Å². The molecule has 2 aromatic rings. The number of halogens is 2. The Kier molecular flexibility index (Phi) is 3.79. The molecule has 1 aromatic carbocycles. The van der Waals surface area contributed by atoms with Crippen molar-refractivity contribution in [1.82, 2.24) is 9.97 Å². The van der Waals surface area contributed by atoms with Crippen molar-refractivity contribution in [2.45, 2.75) is 31.7 Å². The third-order valence-electron chi connectivity index (χ3n) is 5.45. The Morgan fingerprint density at radius 2 is 1.92 bits per heavy atom. The summed E-state index contributed by atoms with van der Waals surface area (Å²) < 4.78 is 14.3. The average molecular weight is 350 g/mol. The molecular formula is C17H17ClFN3O2. The molecule has 0 saturated heterocycles. The van der Waals surface area contributed by atoms with Crippen LogP contribution in [0.15, 0.2) is 18.2 Å². The standard InChI is InChI=1S/C17H17ClFN3O2/c18-17-20-11-3-1-2-10(19)13(11)15(22-17)21-14-9-6-4-8(5-7-9)12(14)16(23)24/h1-3,8-9,12,14H,4-7H2,(H,23,24)(H,20,21,22). The van der Waals surface area contributed by atoms with Gasteiger partial charge in [0.15, 0.2) is 0 Å². The number of aliphatic carboxylic acids is 1. The average Bonchev–Trinajstić information content (AvgIpc) is 2.55. The zero-order chi connectivity index (χ0) is 16.8. The summed E-state index contributed by atoms with van der Waals surface area (Å²) in [5.74, 6) is -1.02. The molecule has 0 amide bonds. The van der Waals surface area contributed by atoms with E-state index in [0.29, 0.717) is 5.52 Å². The maximum atomic E-state index is 14.3. The number of carboxylic acids is 1. The molecule has 5 nitrogen and oxygen atoms in total. The molecule has 5 rings (SSSR count). The van der Waals surface area contributed by atoms with Crippen molar-refractivity contribution >= 4 is 34.3 Å². The van der Waals surface area contributed by atoms with E-state index in [1.54, 1.807) is 12.1 Å². The van der Waals surface area contributed by atoms with Gasteiger partial charge in [-0.2, -0.15) is 0 Å². The lowest BCUT2D eigenvalue weighted by atomic mass is 9.61. The molecule has 3 saturated carbocycles. The summed E-state index contributed by atoms with van der Waals surface area (Å²) in [5, 5.41) is 13.1. The van der Waals surface area contributed by atoms with Crippen molar-refractivity contribution in [2.75, 3.05) is 5.32 Å². The van der Waals surface area contributed by atoms with Gasteiger partial charge in [0.25, 0.3) is 0 Å². The number of fused-ring (bicyclic) bond motifs is 4. The Labute approximate surface area is 143 Å². The molecule has 0 aliphatic heterocycles. The second kappa shape index (κ2) is 5.84. The van der Waals surface area contributed by atoms with Crippen molar-refractivity contribution in [2.24, 2.45) is 17.8 Å². The van der Waals surface area contributed by atoms with Crippen LogP contribution in [0.4, 0.5) is 10.2 Å². The van der Waals surface area contributed by atoms with E-state index in [-0.39, 0.29) is 34.4 Å². The van der Waals surface area contributed by atoms with Gasteiger partial charge in [0.05, 0.1) is 16.8 Å². The van der Waals surface area contributed by atoms with Crippen molar-refractivity contribution in [3.8, 4) is 0 Å². The number of benzene rings is 1. The highest BCUT2D eigenvalue weighted by Crippen LogP contribution is 2.46. The van der Waals surface area contributed by atoms with E-state index >= 15 is 0 Å². The molecule has 3 fully saturated rings. The van der Waals surface area contributed by atoms with E-state index in [2.05, 4.69) is 15.3 Å². The van der Waals surface area contributed by atoms with Gasteiger partial charge in [-0.05, 0) is 61.3 Å². The summed E-state index contributed by atoms with van der Waals surface area (Å²) in [6, 6.07) is 4.31. The molecule has 2 bridgehead atoms. The number of carboxylic acid groups (broad SMARTS) is 1. The van der Waals surface area contributed by atoms with Gasteiger partial charge in [0.2, 0.25) is 5.28 Å². The topological polar surface area (TPSA) is 75.1 Å². The highest BCUT2D eigenvalue weighted by Gasteiger charge is 2.47. The van der Waals surface area contributed by atoms with Crippen LogP contribution in [0.25, 0.3) is 10.9 Å².